The smallest absolute Gasteiger partial charge is 0.267 e. The van der Waals surface area contributed by atoms with Gasteiger partial charge in [-0.15, -0.1) is 0 Å². The van der Waals surface area contributed by atoms with E-state index >= 15 is 0 Å². The molecule has 1 heterocycles. The van der Waals surface area contributed by atoms with E-state index < -0.39 is 0 Å². The van der Waals surface area contributed by atoms with E-state index in [2.05, 4.69) is 10.3 Å². The molecular formula is C24H20ClN3O2S. The summed E-state index contributed by atoms with van der Waals surface area (Å²) in [5.41, 5.74) is 2.15. The number of hydrogen-bond acceptors (Lipinski definition) is 5. The quantitative estimate of drug-likeness (QED) is 0.347. The predicted octanol–water partition coefficient (Wildman–Crippen LogP) is 6.92. The van der Waals surface area contributed by atoms with Gasteiger partial charge in [-0.25, -0.2) is 4.98 Å². The highest BCUT2D eigenvalue weighted by Crippen LogP contribution is 2.34. The molecule has 0 saturated carbocycles. The van der Waals surface area contributed by atoms with Crippen LogP contribution in [0.4, 0.5) is 16.5 Å². The van der Waals surface area contributed by atoms with Gasteiger partial charge in [0.05, 0.1) is 11.4 Å². The minimum absolute atomic E-state index is 0.261. The van der Waals surface area contributed by atoms with Gasteiger partial charge >= 0.3 is 0 Å². The summed E-state index contributed by atoms with van der Waals surface area (Å²) in [5, 5.41) is 4.16. The number of amides is 1. The molecule has 4 rings (SSSR count). The molecule has 0 aliphatic heterocycles. The molecule has 0 atom stereocenters. The van der Waals surface area contributed by atoms with Gasteiger partial charge in [0, 0.05) is 17.8 Å². The van der Waals surface area contributed by atoms with Gasteiger partial charge in [0.15, 0.2) is 10.9 Å². The molecule has 5 nitrogen and oxygen atoms in total. The van der Waals surface area contributed by atoms with Crippen LogP contribution in [0.15, 0.2) is 78.9 Å². The summed E-state index contributed by atoms with van der Waals surface area (Å²) in [7, 11) is 1.93. The van der Waals surface area contributed by atoms with Crippen molar-refractivity contribution in [1.82, 2.24) is 4.98 Å². The lowest BCUT2D eigenvalue weighted by atomic mass is 10.2. The number of benzene rings is 3. The minimum atomic E-state index is -0.261. The largest absolute Gasteiger partial charge is 0.455 e. The summed E-state index contributed by atoms with van der Waals surface area (Å²) in [6, 6.07) is 24.4. The zero-order chi connectivity index (χ0) is 21.8. The number of hydrogen-bond donors (Lipinski definition) is 1. The van der Waals surface area contributed by atoms with E-state index in [-0.39, 0.29) is 5.91 Å². The fourth-order valence-corrected chi connectivity index (χ4v) is 4.10. The molecule has 156 valence electrons. The summed E-state index contributed by atoms with van der Waals surface area (Å²) in [4.78, 5) is 20.1. The van der Waals surface area contributed by atoms with Gasteiger partial charge in [-0.2, -0.15) is 0 Å². The molecule has 0 unspecified atom stereocenters. The second-order valence-electron chi connectivity index (χ2n) is 6.82. The second kappa shape index (κ2) is 9.20. The van der Waals surface area contributed by atoms with E-state index in [0.29, 0.717) is 32.8 Å². The van der Waals surface area contributed by atoms with Crippen LogP contribution in [-0.4, -0.2) is 17.9 Å². The molecule has 1 N–H and O–H groups in total. The molecule has 0 radical (unpaired) electrons. The number of ether oxygens (including phenoxy) is 1. The maximum Gasteiger partial charge on any atom is 0.267 e. The van der Waals surface area contributed by atoms with Gasteiger partial charge in [0.25, 0.3) is 5.91 Å². The number of para-hydroxylation sites is 2. The molecule has 1 aromatic heterocycles. The summed E-state index contributed by atoms with van der Waals surface area (Å²) >= 11 is 7.50. The first-order valence-electron chi connectivity index (χ1n) is 9.61. The van der Waals surface area contributed by atoms with Crippen LogP contribution in [-0.2, 0) is 0 Å². The molecule has 0 fully saturated rings. The van der Waals surface area contributed by atoms with Gasteiger partial charge in [-0.1, -0.05) is 59.3 Å². The summed E-state index contributed by atoms with van der Waals surface area (Å²) in [6.07, 6.45) is 0. The number of carbonyl (C=O) groups excluding carboxylic acids is 1. The molecular weight excluding hydrogens is 430 g/mol. The molecule has 0 aliphatic carbocycles. The third kappa shape index (κ3) is 4.87. The Labute approximate surface area is 189 Å². The van der Waals surface area contributed by atoms with Gasteiger partial charge in [-0.05, 0) is 49.4 Å². The molecule has 7 heteroatoms. The Morgan fingerprint density at radius 2 is 1.71 bits per heavy atom. The Hall–Kier alpha value is -3.35. The zero-order valence-electron chi connectivity index (χ0n) is 17.0. The fraction of sp³-hybridized carbons (Fsp3) is 0.0833. The van der Waals surface area contributed by atoms with E-state index in [4.69, 9.17) is 16.3 Å². The third-order valence-electron chi connectivity index (χ3n) is 4.58. The highest BCUT2D eigenvalue weighted by Gasteiger charge is 2.20. The number of aromatic nitrogens is 1. The van der Waals surface area contributed by atoms with Crippen LogP contribution in [0.3, 0.4) is 0 Å². The highest BCUT2D eigenvalue weighted by molar-refractivity contribution is 7.17. The average molecular weight is 450 g/mol. The van der Waals surface area contributed by atoms with Crippen molar-refractivity contribution in [2.75, 3.05) is 17.3 Å². The number of thiazole rings is 1. The predicted molar refractivity (Wildman–Crippen MR) is 127 cm³/mol. The maximum absolute atomic E-state index is 13.1. The van der Waals surface area contributed by atoms with Crippen LogP contribution in [0.1, 0.15) is 15.4 Å². The van der Waals surface area contributed by atoms with Gasteiger partial charge in [-0.3, -0.25) is 4.79 Å². The Bertz CT molecular complexity index is 1200. The van der Waals surface area contributed by atoms with Crippen molar-refractivity contribution < 1.29 is 9.53 Å². The standard InChI is InChI=1S/C24H20ClN3O2S/c1-16-22(31-24(26-16)28(2)18-9-5-3-6-10-18)23(29)27-20-15-17(25)13-14-21(20)30-19-11-7-4-8-12-19/h3-15H,1-2H3,(H,27,29). The lowest BCUT2D eigenvalue weighted by Gasteiger charge is -2.15. The Morgan fingerprint density at radius 1 is 1.03 bits per heavy atom. The van der Waals surface area contributed by atoms with Crippen molar-refractivity contribution in [2.45, 2.75) is 6.92 Å². The molecule has 0 saturated heterocycles. The first-order valence-corrected chi connectivity index (χ1v) is 10.8. The lowest BCUT2D eigenvalue weighted by Crippen LogP contribution is -2.12. The first-order chi connectivity index (χ1) is 15.0. The van der Waals surface area contributed by atoms with Crippen LogP contribution >= 0.6 is 22.9 Å². The number of carbonyl (C=O) groups is 1. The number of anilines is 3. The number of halogens is 1. The molecule has 0 aliphatic rings. The molecule has 0 spiro atoms. The third-order valence-corrected chi connectivity index (χ3v) is 6.05. The van der Waals surface area contributed by atoms with E-state index in [1.165, 1.54) is 11.3 Å². The van der Waals surface area contributed by atoms with Crippen molar-refractivity contribution >= 4 is 45.4 Å². The lowest BCUT2D eigenvalue weighted by molar-refractivity contribution is 0.102. The Morgan fingerprint density at radius 3 is 2.42 bits per heavy atom. The van der Waals surface area contributed by atoms with E-state index in [1.807, 2.05) is 79.5 Å². The number of nitrogens with zero attached hydrogens (tertiary/aromatic N) is 2. The van der Waals surface area contributed by atoms with Crippen LogP contribution in [0.5, 0.6) is 11.5 Å². The number of rotatable bonds is 6. The second-order valence-corrected chi connectivity index (χ2v) is 8.23. The fourth-order valence-electron chi connectivity index (χ4n) is 2.98. The maximum atomic E-state index is 13.1. The van der Waals surface area contributed by atoms with E-state index in [0.717, 1.165) is 10.8 Å². The van der Waals surface area contributed by atoms with Crippen LogP contribution in [0, 0.1) is 6.92 Å². The van der Waals surface area contributed by atoms with Crippen molar-refractivity contribution in [3.05, 3.63) is 94.5 Å². The molecule has 1 amide bonds. The first kappa shape index (κ1) is 20.9. The van der Waals surface area contributed by atoms with Crippen molar-refractivity contribution in [3.8, 4) is 11.5 Å². The van der Waals surface area contributed by atoms with Crippen LogP contribution < -0.4 is 15.0 Å². The molecule has 3 aromatic carbocycles. The average Bonchev–Trinajstić information content (AvgIpc) is 3.18. The van der Waals surface area contributed by atoms with Crippen LogP contribution in [0.25, 0.3) is 0 Å². The van der Waals surface area contributed by atoms with E-state index in [9.17, 15) is 4.79 Å². The SMILES string of the molecule is Cc1nc(N(C)c2ccccc2)sc1C(=O)Nc1cc(Cl)ccc1Oc1ccccc1. The molecule has 4 aromatic rings. The van der Waals surface area contributed by atoms with Crippen LogP contribution in [0.2, 0.25) is 5.02 Å². The Kier molecular flexibility index (Phi) is 6.21. The zero-order valence-corrected chi connectivity index (χ0v) is 18.6. The summed E-state index contributed by atoms with van der Waals surface area (Å²) in [6.45, 7) is 1.83. The topological polar surface area (TPSA) is 54.5 Å². The van der Waals surface area contributed by atoms with Gasteiger partial charge < -0.3 is 15.0 Å². The minimum Gasteiger partial charge on any atom is -0.455 e. The summed E-state index contributed by atoms with van der Waals surface area (Å²) in [5.74, 6) is 0.914. The monoisotopic (exact) mass is 449 g/mol. The number of nitrogens with one attached hydrogen (secondary N) is 1. The normalized spacial score (nSPS) is 10.5. The van der Waals surface area contributed by atoms with Crippen molar-refractivity contribution in [2.24, 2.45) is 0 Å². The summed E-state index contributed by atoms with van der Waals surface area (Å²) < 4.78 is 5.94. The highest BCUT2D eigenvalue weighted by atomic mass is 35.5. The molecule has 0 bridgehead atoms. The van der Waals surface area contributed by atoms with Gasteiger partial charge in [0.1, 0.15) is 10.6 Å². The van der Waals surface area contributed by atoms with E-state index in [1.54, 1.807) is 18.2 Å². The van der Waals surface area contributed by atoms with Crippen molar-refractivity contribution in [1.29, 1.82) is 0 Å². The Balaban J connectivity index is 1.58. The van der Waals surface area contributed by atoms with Gasteiger partial charge in [0.2, 0.25) is 0 Å². The molecule has 31 heavy (non-hydrogen) atoms. The van der Waals surface area contributed by atoms with Crippen molar-refractivity contribution in [3.63, 3.8) is 0 Å². The number of aryl methyl sites for hydroxylation is 1.